The number of carbonyl (C=O) groups is 1. The van der Waals surface area contributed by atoms with E-state index in [9.17, 15) is 4.79 Å². The lowest BCUT2D eigenvalue weighted by atomic mass is 9.87. The molecule has 0 aliphatic carbocycles. The molecule has 4 nitrogen and oxygen atoms in total. The number of epoxide rings is 1. The van der Waals surface area contributed by atoms with E-state index in [-0.39, 0.29) is 11.6 Å². The fourth-order valence-electron chi connectivity index (χ4n) is 3.29. The first kappa shape index (κ1) is 16.3. The van der Waals surface area contributed by atoms with Crippen LogP contribution in [0.2, 0.25) is 0 Å². The fraction of sp³-hybridized carbons (Fsp3) is 0.632. The summed E-state index contributed by atoms with van der Waals surface area (Å²) in [5, 5.41) is 0. The highest BCUT2D eigenvalue weighted by Crippen LogP contribution is 2.42. The van der Waals surface area contributed by atoms with Gasteiger partial charge in [-0.3, -0.25) is 4.79 Å². The van der Waals surface area contributed by atoms with Crippen LogP contribution in [0.4, 0.5) is 0 Å². The van der Waals surface area contributed by atoms with Crippen molar-refractivity contribution in [2.75, 3.05) is 6.61 Å². The third kappa shape index (κ3) is 3.86. The normalized spacial score (nSPS) is 25.4. The van der Waals surface area contributed by atoms with Crippen LogP contribution in [0.3, 0.4) is 0 Å². The van der Waals surface area contributed by atoms with Crippen LogP contribution in [-0.2, 0) is 22.4 Å². The standard InChI is InChI=1S/C19H26O4/c1-4-5-16-17(22-13(2)20)7-6-14-8-10-19(3,23-18(14)16)11-9-15-12-21-15/h6-7,15H,4-5,8-12H2,1-3H3. The number of ether oxygens (including phenoxy) is 3. The van der Waals surface area contributed by atoms with Gasteiger partial charge in [0.15, 0.2) is 0 Å². The van der Waals surface area contributed by atoms with Crippen molar-refractivity contribution in [3.8, 4) is 11.5 Å². The quantitative estimate of drug-likeness (QED) is 0.454. The summed E-state index contributed by atoms with van der Waals surface area (Å²) < 4.78 is 17.2. The van der Waals surface area contributed by atoms with Crippen molar-refractivity contribution < 1.29 is 19.0 Å². The van der Waals surface area contributed by atoms with Gasteiger partial charge in [0, 0.05) is 12.5 Å². The van der Waals surface area contributed by atoms with Crippen LogP contribution in [0.15, 0.2) is 12.1 Å². The first-order valence-electron chi connectivity index (χ1n) is 8.64. The van der Waals surface area contributed by atoms with Gasteiger partial charge in [0.1, 0.15) is 17.1 Å². The molecule has 1 saturated heterocycles. The molecule has 0 saturated carbocycles. The van der Waals surface area contributed by atoms with Crippen LogP contribution >= 0.6 is 0 Å². The largest absolute Gasteiger partial charge is 0.487 e. The third-order valence-corrected chi connectivity index (χ3v) is 4.72. The number of rotatable bonds is 6. The predicted molar refractivity (Wildman–Crippen MR) is 88.1 cm³/mol. The molecule has 0 spiro atoms. The Morgan fingerprint density at radius 1 is 1.43 bits per heavy atom. The van der Waals surface area contributed by atoms with Crippen LogP contribution in [-0.4, -0.2) is 24.3 Å². The summed E-state index contributed by atoms with van der Waals surface area (Å²) in [6.45, 7) is 6.65. The molecule has 2 atom stereocenters. The maximum Gasteiger partial charge on any atom is 0.308 e. The Kier molecular flexibility index (Phi) is 4.62. The summed E-state index contributed by atoms with van der Waals surface area (Å²) in [5.41, 5.74) is 2.11. The van der Waals surface area contributed by atoms with Crippen molar-refractivity contribution in [2.45, 2.75) is 71.0 Å². The Bertz CT molecular complexity index is 591. The molecular formula is C19H26O4. The molecule has 3 rings (SSSR count). The maximum atomic E-state index is 11.4. The van der Waals surface area contributed by atoms with E-state index in [0.29, 0.717) is 11.9 Å². The first-order chi connectivity index (χ1) is 11.0. The van der Waals surface area contributed by atoms with Gasteiger partial charge >= 0.3 is 5.97 Å². The van der Waals surface area contributed by atoms with E-state index in [1.165, 1.54) is 12.5 Å². The molecule has 0 N–H and O–H groups in total. The molecule has 0 bridgehead atoms. The van der Waals surface area contributed by atoms with E-state index in [4.69, 9.17) is 14.2 Å². The molecule has 1 fully saturated rings. The maximum absolute atomic E-state index is 11.4. The summed E-state index contributed by atoms with van der Waals surface area (Å²) in [6, 6.07) is 3.95. The molecule has 1 aromatic carbocycles. The molecule has 23 heavy (non-hydrogen) atoms. The van der Waals surface area contributed by atoms with Gasteiger partial charge in [0.25, 0.3) is 0 Å². The number of hydrogen-bond acceptors (Lipinski definition) is 4. The number of hydrogen-bond donors (Lipinski definition) is 0. The average Bonchev–Trinajstić information content (AvgIpc) is 3.32. The molecule has 4 heteroatoms. The lowest BCUT2D eigenvalue weighted by Crippen LogP contribution is -2.37. The van der Waals surface area contributed by atoms with E-state index in [1.54, 1.807) is 0 Å². The Labute approximate surface area is 138 Å². The van der Waals surface area contributed by atoms with Crippen molar-refractivity contribution in [2.24, 2.45) is 0 Å². The zero-order chi connectivity index (χ0) is 16.4. The number of esters is 1. The fourth-order valence-corrected chi connectivity index (χ4v) is 3.29. The zero-order valence-electron chi connectivity index (χ0n) is 14.3. The van der Waals surface area contributed by atoms with E-state index in [2.05, 4.69) is 13.8 Å². The van der Waals surface area contributed by atoms with Crippen molar-refractivity contribution in [3.05, 3.63) is 23.3 Å². The van der Waals surface area contributed by atoms with Gasteiger partial charge in [-0.25, -0.2) is 0 Å². The van der Waals surface area contributed by atoms with Gasteiger partial charge in [-0.05, 0) is 50.7 Å². The van der Waals surface area contributed by atoms with Crippen molar-refractivity contribution in [3.63, 3.8) is 0 Å². The second-order valence-electron chi connectivity index (χ2n) is 6.92. The minimum absolute atomic E-state index is 0.156. The van der Waals surface area contributed by atoms with Gasteiger partial charge in [-0.1, -0.05) is 19.4 Å². The Hall–Kier alpha value is -1.55. The van der Waals surface area contributed by atoms with Gasteiger partial charge < -0.3 is 14.2 Å². The Balaban J connectivity index is 1.86. The van der Waals surface area contributed by atoms with Crippen LogP contribution in [0.25, 0.3) is 0 Å². The SMILES string of the molecule is CCCc1c(OC(C)=O)ccc2c1OC(C)(CCC1CO1)CC2. The second-order valence-corrected chi connectivity index (χ2v) is 6.92. The summed E-state index contributed by atoms with van der Waals surface area (Å²) in [7, 11) is 0. The Morgan fingerprint density at radius 2 is 2.22 bits per heavy atom. The highest BCUT2D eigenvalue weighted by Gasteiger charge is 2.35. The molecule has 126 valence electrons. The highest BCUT2D eigenvalue weighted by molar-refractivity contribution is 5.70. The van der Waals surface area contributed by atoms with Gasteiger partial charge in [0.05, 0.1) is 12.7 Å². The number of aryl methyl sites for hydroxylation is 1. The van der Waals surface area contributed by atoms with E-state index >= 15 is 0 Å². The molecule has 2 unspecified atom stereocenters. The van der Waals surface area contributed by atoms with Crippen LogP contribution in [0.5, 0.6) is 11.5 Å². The van der Waals surface area contributed by atoms with Crippen LogP contribution < -0.4 is 9.47 Å². The molecule has 0 amide bonds. The van der Waals surface area contributed by atoms with E-state index < -0.39 is 0 Å². The summed E-state index contributed by atoms with van der Waals surface area (Å²) in [5.74, 6) is 1.30. The van der Waals surface area contributed by atoms with Crippen molar-refractivity contribution >= 4 is 5.97 Å². The minimum Gasteiger partial charge on any atom is -0.487 e. The molecule has 2 aliphatic rings. The first-order valence-corrected chi connectivity index (χ1v) is 8.64. The molecule has 0 aromatic heterocycles. The minimum atomic E-state index is -0.285. The average molecular weight is 318 g/mol. The Morgan fingerprint density at radius 3 is 2.87 bits per heavy atom. The third-order valence-electron chi connectivity index (χ3n) is 4.72. The summed E-state index contributed by atoms with van der Waals surface area (Å²) in [6.07, 6.45) is 6.35. The van der Waals surface area contributed by atoms with Gasteiger partial charge in [0.2, 0.25) is 0 Å². The predicted octanol–water partition coefficient (Wildman–Crippen LogP) is 3.83. The van der Waals surface area contributed by atoms with Crippen molar-refractivity contribution in [1.82, 2.24) is 0 Å². The molecule has 0 radical (unpaired) electrons. The topological polar surface area (TPSA) is 48.1 Å². The van der Waals surface area contributed by atoms with Gasteiger partial charge in [-0.2, -0.15) is 0 Å². The lowest BCUT2D eigenvalue weighted by Gasteiger charge is -2.37. The molecule has 2 aliphatic heterocycles. The van der Waals surface area contributed by atoms with Crippen molar-refractivity contribution in [1.29, 1.82) is 0 Å². The molecule has 2 heterocycles. The number of fused-ring (bicyclic) bond motifs is 1. The monoisotopic (exact) mass is 318 g/mol. The van der Waals surface area contributed by atoms with Crippen LogP contribution in [0, 0.1) is 0 Å². The molecule has 1 aromatic rings. The summed E-state index contributed by atoms with van der Waals surface area (Å²) in [4.78, 5) is 11.4. The zero-order valence-corrected chi connectivity index (χ0v) is 14.3. The summed E-state index contributed by atoms with van der Waals surface area (Å²) >= 11 is 0. The lowest BCUT2D eigenvalue weighted by molar-refractivity contribution is -0.131. The second kappa shape index (κ2) is 6.52. The van der Waals surface area contributed by atoms with E-state index in [1.807, 2.05) is 12.1 Å². The number of carbonyl (C=O) groups excluding carboxylic acids is 1. The smallest absolute Gasteiger partial charge is 0.308 e. The van der Waals surface area contributed by atoms with Gasteiger partial charge in [-0.15, -0.1) is 0 Å². The number of benzene rings is 1. The highest BCUT2D eigenvalue weighted by atomic mass is 16.6. The molecular weight excluding hydrogens is 292 g/mol. The van der Waals surface area contributed by atoms with Crippen LogP contribution in [0.1, 0.15) is 57.6 Å². The van der Waals surface area contributed by atoms with E-state index in [0.717, 1.165) is 56.4 Å².